The van der Waals surface area contributed by atoms with Crippen LogP contribution in [0.3, 0.4) is 0 Å². The standard InChI is InChI=1S/C23H21N3O3S/c1-15(17-9-5-3-6-10-17)24-21(27)14-29-23(28)20-13-19-16(2)25-26(22(19)30-20)18-11-7-4-8-12-18/h3-13,15H,14H2,1-2H3,(H,24,27)/t15-/m0/s1. The van der Waals surface area contributed by atoms with Gasteiger partial charge in [0.15, 0.2) is 6.61 Å². The Morgan fingerprint density at radius 3 is 2.47 bits per heavy atom. The number of carbonyl (C=O) groups is 2. The molecule has 0 radical (unpaired) electrons. The molecule has 0 saturated heterocycles. The largest absolute Gasteiger partial charge is 0.451 e. The summed E-state index contributed by atoms with van der Waals surface area (Å²) in [4.78, 5) is 26.0. The normalized spacial score (nSPS) is 11.9. The van der Waals surface area contributed by atoms with Gasteiger partial charge in [0.05, 0.1) is 17.4 Å². The maximum Gasteiger partial charge on any atom is 0.348 e. The summed E-state index contributed by atoms with van der Waals surface area (Å²) in [6.45, 7) is 3.47. The zero-order valence-electron chi connectivity index (χ0n) is 16.7. The van der Waals surface area contributed by atoms with E-state index in [0.717, 1.165) is 27.2 Å². The number of hydrogen-bond donors (Lipinski definition) is 1. The Kier molecular flexibility index (Phi) is 5.63. The highest BCUT2D eigenvalue weighted by Gasteiger charge is 2.19. The number of nitrogens with zero attached hydrogens (tertiary/aromatic N) is 2. The molecule has 2 aromatic carbocycles. The van der Waals surface area contributed by atoms with Crippen molar-refractivity contribution in [3.8, 4) is 5.69 Å². The number of thiophene rings is 1. The van der Waals surface area contributed by atoms with E-state index < -0.39 is 5.97 Å². The molecule has 0 unspecified atom stereocenters. The van der Waals surface area contributed by atoms with Gasteiger partial charge in [-0.2, -0.15) is 5.10 Å². The van der Waals surface area contributed by atoms with Gasteiger partial charge in [0.2, 0.25) is 0 Å². The molecule has 0 bridgehead atoms. The maximum atomic E-state index is 12.5. The van der Waals surface area contributed by atoms with Gasteiger partial charge < -0.3 is 10.1 Å². The van der Waals surface area contributed by atoms with Crippen molar-refractivity contribution in [2.45, 2.75) is 19.9 Å². The van der Waals surface area contributed by atoms with E-state index >= 15 is 0 Å². The number of aryl methyl sites for hydroxylation is 1. The number of rotatable bonds is 6. The van der Waals surface area contributed by atoms with Gasteiger partial charge in [-0.3, -0.25) is 4.79 Å². The van der Waals surface area contributed by atoms with Crippen LogP contribution < -0.4 is 5.32 Å². The van der Waals surface area contributed by atoms with Crippen molar-refractivity contribution < 1.29 is 14.3 Å². The van der Waals surface area contributed by atoms with E-state index in [4.69, 9.17) is 4.74 Å². The average molecular weight is 420 g/mol. The number of amides is 1. The number of aromatic nitrogens is 2. The summed E-state index contributed by atoms with van der Waals surface area (Å²) in [5.41, 5.74) is 2.74. The fourth-order valence-corrected chi connectivity index (χ4v) is 4.28. The summed E-state index contributed by atoms with van der Waals surface area (Å²) in [5.74, 6) is -0.856. The highest BCUT2D eigenvalue weighted by molar-refractivity contribution is 7.20. The summed E-state index contributed by atoms with van der Waals surface area (Å²) in [7, 11) is 0. The fraction of sp³-hybridized carbons (Fsp3) is 0.174. The van der Waals surface area contributed by atoms with Gasteiger partial charge in [0, 0.05) is 5.39 Å². The molecule has 0 aliphatic rings. The molecule has 4 rings (SSSR count). The predicted molar refractivity (Wildman–Crippen MR) is 117 cm³/mol. The van der Waals surface area contributed by atoms with Crippen LogP contribution in [0.5, 0.6) is 0 Å². The number of para-hydroxylation sites is 1. The summed E-state index contributed by atoms with van der Waals surface area (Å²) in [6.07, 6.45) is 0. The Morgan fingerprint density at radius 1 is 1.10 bits per heavy atom. The Hall–Kier alpha value is -3.45. The molecule has 0 spiro atoms. The second-order valence-electron chi connectivity index (χ2n) is 6.94. The zero-order chi connectivity index (χ0) is 21.1. The molecule has 0 aliphatic heterocycles. The van der Waals surface area contributed by atoms with Gasteiger partial charge in [-0.25, -0.2) is 9.48 Å². The van der Waals surface area contributed by atoms with E-state index in [0.29, 0.717) is 4.88 Å². The Morgan fingerprint density at radius 2 is 1.77 bits per heavy atom. The minimum absolute atomic E-state index is 0.166. The molecule has 6 nitrogen and oxygen atoms in total. The highest BCUT2D eigenvalue weighted by atomic mass is 32.1. The smallest absolute Gasteiger partial charge is 0.348 e. The van der Waals surface area contributed by atoms with Crippen LogP contribution in [-0.2, 0) is 9.53 Å². The molecular weight excluding hydrogens is 398 g/mol. The quantitative estimate of drug-likeness (QED) is 0.469. The second-order valence-corrected chi connectivity index (χ2v) is 7.97. The lowest BCUT2D eigenvalue weighted by Gasteiger charge is -2.14. The van der Waals surface area contributed by atoms with Crippen molar-refractivity contribution in [1.29, 1.82) is 0 Å². The van der Waals surface area contributed by atoms with Crippen molar-refractivity contribution in [2.75, 3.05) is 6.61 Å². The topological polar surface area (TPSA) is 73.2 Å². The summed E-state index contributed by atoms with van der Waals surface area (Å²) in [5, 5.41) is 8.31. The van der Waals surface area contributed by atoms with Crippen LogP contribution in [-0.4, -0.2) is 28.3 Å². The van der Waals surface area contributed by atoms with Crippen LogP contribution >= 0.6 is 11.3 Å². The van der Waals surface area contributed by atoms with Crippen LogP contribution in [0.25, 0.3) is 15.9 Å². The van der Waals surface area contributed by atoms with Crippen LogP contribution in [0, 0.1) is 6.92 Å². The Labute approximate surface area is 178 Å². The summed E-state index contributed by atoms with van der Waals surface area (Å²) < 4.78 is 7.06. The number of fused-ring (bicyclic) bond motifs is 1. The Balaban J connectivity index is 1.43. The predicted octanol–water partition coefficient (Wildman–Crippen LogP) is 4.43. The zero-order valence-corrected chi connectivity index (χ0v) is 17.5. The average Bonchev–Trinajstić information content (AvgIpc) is 3.34. The van der Waals surface area contributed by atoms with E-state index in [1.165, 1.54) is 11.3 Å². The molecule has 4 aromatic rings. The molecule has 0 aliphatic carbocycles. The number of hydrogen-bond acceptors (Lipinski definition) is 5. The number of ether oxygens (including phenoxy) is 1. The SMILES string of the molecule is Cc1nn(-c2ccccc2)c2sc(C(=O)OCC(=O)N[C@@H](C)c3ccccc3)cc12. The summed E-state index contributed by atoms with van der Waals surface area (Å²) in [6, 6.07) is 21.0. The van der Waals surface area contributed by atoms with Crippen molar-refractivity contribution in [1.82, 2.24) is 15.1 Å². The molecule has 152 valence electrons. The number of benzene rings is 2. The number of carbonyl (C=O) groups excluding carboxylic acids is 2. The van der Waals surface area contributed by atoms with E-state index in [2.05, 4.69) is 10.4 Å². The van der Waals surface area contributed by atoms with Gasteiger partial charge >= 0.3 is 5.97 Å². The second kappa shape index (κ2) is 8.51. The molecule has 2 heterocycles. The minimum atomic E-state index is -0.516. The van der Waals surface area contributed by atoms with Crippen molar-refractivity contribution in [3.05, 3.63) is 82.9 Å². The van der Waals surface area contributed by atoms with E-state index in [1.54, 1.807) is 6.07 Å². The van der Waals surface area contributed by atoms with Gasteiger partial charge in [0.25, 0.3) is 5.91 Å². The van der Waals surface area contributed by atoms with Crippen LogP contribution in [0.4, 0.5) is 0 Å². The van der Waals surface area contributed by atoms with Crippen LogP contribution in [0.15, 0.2) is 66.7 Å². The van der Waals surface area contributed by atoms with E-state index in [1.807, 2.05) is 79.2 Å². The minimum Gasteiger partial charge on any atom is -0.451 e. The van der Waals surface area contributed by atoms with Gasteiger partial charge in [-0.05, 0) is 37.6 Å². The first-order valence-corrected chi connectivity index (χ1v) is 10.4. The monoisotopic (exact) mass is 419 g/mol. The molecule has 7 heteroatoms. The maximum absolute atomic E-state index is 12.5. The first kappa shape index (κ1) is 19.8. The third kappa shape index (κ3) is 4.11. The lowest BCUT2D eigenvalue weighted by molar-refractivity contribution is -0.124. The fourth-order valence-electron chi connectivity index (χ4n) is 3.20. The molecule has 1 N–H and O–H groups in total. The van der Waals surface area contributed by atoms with Gasteiger partial charge in [-0.1, -0.05) is 48.5 Å². The molecular formula is C23H21N3O3S. The molecule has 1 amide bonds. The van der Waals surface area contributed by atoms with Crippen molar-refractivity contribution >= 4 is 33.4 Å². The Bertz CT molecular complexity index is 1180. The molecule has 2 aromatic heterocycles. The van der Waals surface area contributed by atoms with Crippen LogP contribution in [0.1, 0.15) is 33.9 Å². The van der Waals surface area contributed by atoms with Gasteiger partial charge in [-0.15, -0.1) is 11.3 Å². The molecule has 30 heavy (non-hydrogen) atoms. The third-order valence-electron chi connectivity index (χ3n) is 4.76. The van der Waals surface area contributed by atoms with Crippen molar-refractivity contribution in [2.24, 2.45) is 0 Å². The van der Waals surface area contributed by atoms with Gasteiger partial charge in [0.1, 0.15) is 9.71 Å². The third-order valence-corrected chi connectivity index (χ3v) is 5.85. The first-order chi connectivity index (χ1) is 14.5. The summed E-state index contributed by atoms with van der Waals surface area (Å²) >= 11 is 1.30. The molecule has 1 atom stereocenters. The molecule has 0 saturated carbocycles. The van der Waals surface area contributed by atoms with Crippen molar-refractivity contribution in [3.63, 3.8) is 0 Å². The molecule has 0 fully saturated rings. The lowest BCUT2D eigenvalue weighted by Crippen LogP contribution is -2.31. The number of esters is 1. The van der Waals surface area contributed by atoms with Crippen LogP contribution in [0.2, 0.25) is 0 Å². The van der Waals surface area contributed by atoms with E-state index in [9.17, 15) is 9.59 Å². The highest BCUT2D eigenvalue weighted by Crippen LogP contribution is 2.30. The van der Waals surface area contributed by atoms with E-state index in [-0.39, 0.29) is 18.6 Å². The number of nitrogens with one attached hydrogen (secondary N) is 1. The lowest BCUT2D eigenvalue weighted by atomic mass is 10.1. The first-order valence-electron chi connectivity index (χ1n) is 9.59.